The van der Waals surface area contributed by atoms with Crippen LogP contribution in [0.2, 0.25) is 0 Å². The average molecular weight is 449 g/mol. The number of rotatable bonds is 9. The molecule has 0 N–H and O–H groups in total. The van der Waals surface area contributed by atoms with Gasteiger partial charge in [0, 0.05) is 0 Å². The van der Waals surface area contributed by atoms with Gasteiger partial charge in [0.25, 0.3) is 0 Å². The molecule has 2 aromatic rings. The van der Waals surface area contributed by atoms with Crippen LogP contribution < -0.4 is 0 Å². The molecule has 2 rings (SSSR count). The van der Waals surface area contributed by atoms with Crippen LogP contribution in [0.25, 0.3) is 0 Å². The van der Waals surface area contributed by atoms with Crippen molar-refractivity contribution in [2.75, 3.05) is 0 Å². The van der Waals surface area contributed by atoms with Crippen LogP contribution >= 0.6 is 0 Å². The second kappa shape index (κ2) is 11.2. The summed E-state index contributed by atoms with van der Waals surface area (Å²) in [5.41, 5.74) is 12.4. The maximum atomic E-state index is 2.57. The number of hydrogen-bond acceptors (Lipinski definition) is 0. The molecule has 184 valence electrons. The Labute approximate surface area is 206 Å². The Kier molecular flexibility index (Phi) is 9.43. The Balaban J connectivity index is 2.65. The Bertz CT molecular complexity index is 922. The normalized spacial score (nSPS) is 13.4. The minimum Gasteiger partial charge on any atom is -0.0587 e. The summed E-state index contributed by atoms with van der Waals surface area (Å²) in [7, 11) is 0. The van der Waals surface area contributed by atoms with Crippen LogP contribution in [0, 0.1) is 0 Å². The monoisotopic (exact) mass is 448 g/mol. The van der Waals surface area contributed by atoms with Gasteiger partial charge < -0.3 is 0 Å². The maximum Gasteiger partial charge on any atom is -0.0147 e. The van der Waals surface area contributed by atoms with Gasteiger partial charge in [-0.05, 0) is 92.4 Å². The third-order valence-electron chi connectivity index (χ3n) is 7.42. The zero-order chi connectivity index (χ0) is 25.2. The largest absolute Gasteiger partial charge is 0.0587 e. The molecule has 0 heterocycles. The van der Waals surface area contributed by atoms with Crippen LogP contribution in [-0.2, 0) is 6.42 Å². The fourth-order valence-electron chi connectivity index (χ4n) is 5.45. The minimum absolute atomic E-state index is 0.503. The summed E-state index contributed by atoms with van der Waals surface area (Å²) in [6, 6.07) is 10.2. The maximum absolute atomic E-state index is 2.57. The lowest BCUT2D eigenvalue weighted by Crippen LogP contribution is -2.12. The summed E-state index contributed by atoms with van der Waals surface area (Å²) in [5.74, 6) is 3.83. The predicted molar refractivity (Wildman–Crippen MR) is 150 cm³/mol. The van der Waals surface area contributed by atoms with Crippen LogP contribution in [-0.4, -0.2) is 0 Å². The predicted octanol–water partition coefficient (Wildman–Crippen LogP) is 10.8. The van der Waals surface area contributed by atoms with Crippen molar-refractivity contribution in [1.82, 2.24) is 0 Å². The Morgan fingerprint density at radius 2 is 0.636 bits per heavy atom. The van der Waals surface area contributed by atoms with Crippen molar-refractivity contribution in [3.63, 3.8) is 0 Å². The van der Waals surface area contributed by atoms with Crippen LogP contribution in [0.1, 0.15) is 176 Å². The molecule has 0 saturated heterocycles. The SMILES string of the molecule is CC(C)c1cc(C(C)C)c(C(C)C)cc1CC(C)c1cc(C(C)C)c(C(C)C)cc1C(C)C. The van der Waals surface area contributed by atoms with Gasteiger partial charge in [0.1, 0.15) is 0 Å². The summed E-state index contributed by atoms with van der Waals surface area (Å²) < 4.78 is 0. The lowest BCUT2D eigenvalue weighted by atomic mass is 9.78. The fourth-order valence-corrected chi connectivity index (χ4v) is 5.45. The van der Waals surface area contributed by atoms with E-state index in [0.717, 1.165) is 6.42 Å². The average Bonchev–Trinajstić information content (AvgIpc) is 2.71. The van der Waals surface area contributed by atoms with Gasteiger partial charge in [0.05, 0.1) is 0 Å². The first-order valence-corrected chi connectivity index (χ1v) is 13.6. The third kappa shape index (κ3) is 6.32. The van der Waals surface area contributed by atoms with E-state index in [1.165, 1.54) is 11.1 Å². The molecule has 0 nitrogen and oxygen atoms in total. The Morgan fingerprint density at radius 1 is 0.364 bits per heavy atom. The molecule has 33 heavy (non-hydrogen) atoms. The molecule has 0 aliphatic heterocycles. The molecule has 0 bridgehead atoms. The van der Waals surface area contributed by atoms with Crippen LogP contribution in [0.4, 0.5) is 0 Å². The fraction of sp³-hybridized carbons (Fsp3) is 0.636. The van der Waals surface area contributed by atoms with Gasteiger partial charge in [-0.2, -0.15) is 0 Å². The highest BCUT2D eigenvalue weighted by molar-refractivity contribution is 5.47. The van der Waals surface area contributed by atoms with E-state index in [9.17, 15) is 0 Å². The molecule has 0 aliphatic rings. The van der Waals surface area contributed by atoms with Crippen molar-refractivity contribution in [3.8, 4) is 0 Å². The molecule has 1 atom stereocenters. The topological polar surface area (TPSA) is 0 Å². The standard InChI is InChI=1S/C33H52/c1-19(2)27-16-29(21(5)6)28(20(3)4)15-26(27)14-25(13)33-18-31(23(9)10)30(22(7)8)17-32(33)24(11)12/h15-25H,14H2,1-13H3. The molecule has 0 aromatic heterocycles. The zero-order valence-electron chi connectivity index (χ0n) is 24.1. The first kappa shape index (κ1) is 27.7. The van der Waals surface area contributed by atoms with Gasteiger partial charge in [-0.15, -0.1) is 0 Å². The summed E-state index contributed by atoms with van der Waals surface area (Å²) >= 11 is 0. The quantitative estimate of drug-likeness (QED) is 0.358. The lowest BCUT2D eigenvalue weighted by Gasteiger charge is -2.27. The lowest BCUT2D eigenvalue weighted by molar-refractivity contribution is 0.695. The molecule has 0 heteroatoms. The van der Waals surface area contributed by atoms with Crippen molar-refractivity contribution in [2.24, 2.45) is 0 Å². The van der Waals surface area contributed by atoms with Crippen molar-refractivity contribution in [1.29, 1.82) is 0 Å². The van der Waals surface area contributed by atoms with Crippen molar-refractivity contribution >= 4 is 0 Å². The van der Waals surface area contributed by atoms with Gasteiger partial charge in [-0.25, -0.2) is 0 Å². The van der Waals surface area contributed by atoms with Crippen molar-refractivity contribution in [2.45, 2.75) is 138 Å². The summed E-state index contributed by atoms with van der Waals surface area (Å²) in [6.45, 7) is 30.6. The van der Waals surface area contributed by atoms with Crippen LogP contribution in [0.15, 0.2) is 24.3 Å². The van der Waals surface area contributed by atoms with Crippen molar-refractivity contribution < 1.29 is 0 Å². The van der Waals surface area contributed by atoms with E-state index < -0.39 is 0 Å². The highest BCUT2D eigenvalue weighted by atomic mass is 14.3. The van der Waals surface area contributed by atoms with Crippen LogP contribution in [0.3, 0.4) is 0 Å². The van der Waals surface area contributed by atoms with E-state index >= 15 is 0 Å². The minimum atomic E-state index is 0.503. The highest BCUT2D eigenvalue weighted by Crippen LogP contribution is 2.39. The molecule has 0 radical (unpaired) electrons. The molecule has 0 spiro atoms. The molecule has 0 fully saturated rings. The first-order chi connectivity index (χ1) is 15.3. The van der Waals surface area contributed by atoms with E-state index in [4.69, 9.17) is 0 Å². The smallest absolute Gasteiger partial charge is 0.0147 e. The summed E-state index contributed by atoms with van der Waals surface area (Å²) in [4.78, 5) is 0. The second-order valence-electron chi connectivity index (χ2n) is 12.3. The number of benzene rings is 2. The van der Waals surface area contributed by atoms with E-state index in [-0.39, 0.29) is 0 Å². The van der Waals surface area contributed by atoms with E-state index in [1.807, 2.05) is 0 Å². The van der Waals surface area contributed by atoms with Crippen molar-refractivity contribution in [3.05, 3.63) is 68.8 Å². The van der Waals surface area contributed by atoms with Crippen LogP contribution in [0.5, 0.6) is 0 Å². The van der Waals surface area contributed by atoms with E-state index in [2.05, 4.69) is 114 Å². The van der Waals surface area contributed by atoms with E-state index in [0.29, 0.717) is 41.4 Å². The van der Waals surface area contributed by atoms with Gasteiger partial charge in [-0.1, -0.05) is 114 Å². The Morgan fingerprint density at radius 3 is 1.00 bits per heavy atom. The molecule has 1 unspecified atom stereocenters. The molecule has 0 amide bonds. The van der Waals surface area contributed by atoms with Gasteiger partial charge in [0.2, 0.25) is 0 Å². The molecular formula is C33H52. The zero-order valence-corrected chi connectivity index (χ0v) is 24.1. The second-order valence-corrected chi connectivity index (χ2v) is 12.3. The Hall–Kier alpha value is -1.56. The van der Waals surface area contributed by atoms with E-state index in [1.54, 1.807) is 33.4 Å². The molecule has 2 aromatic carbocycles. The first-order valence-electron chi connectivity index (χ1n) is 13.6. The third-order valence-corrected chi connectivity index (χ3v) is 7.42. The molecule has 0 saturated carbocycles. The summed E-state index contributed by atoms with van der Waals surface area (Å²) in [5, 5.41) is 0. The molecule has 0 aliphatic carbocycles. The van der Waals surface area contributed by atoms with Gasteiger partial charge >= 0.3 is 0 Å². The number of hydrogen-bond donors (Lipinski definition) is 0. The van der Waals surface area contributed by atoms with Gasteiger partial charge in [-0.3, -0.25) is 0 Å². The molecular weight excluding hydrogens is 396 g/mol. The van der Waals surface area contributed by atoms with Gasteiger partial charge in [0.15, 0.2) is 0 Å². The summed E-state index contributed by atoms with van der Waals surface area (Å²) in [6.07, 6.45) is 1.11. The highest BCUT2D eigenvalue weighted by Gasteiger charge is 2.22.